The van der Waals surface area contributed by atoms with E-state index in [0.717, 1.165) is 29.3 Å². The van der Waals surface area contributed by atoms with Crippen LogP contribution in [-0.4, -0.2) is 46.6 Å². The number of likely N-dealkylation sites (tertiary alicyclic amines) is 1. The van der Waals surface area contributed by atoms with E-state index in [-0.39, 0.29) is 18.0 Å². The van der Waals surface area contributed by atoms with Crippen molar-refractivity contribution in [2.75, 3.05) is 20.2 Å². The van der Waals surface area contributed by atoms with Crippen LogP contribution in [0.25, 0.3) is 22.0 Å². The van der Waals surface area contributed by atoms with Crippen LogP contribution in [0.4, 0.5) is 9.18 Å². The largest absolute Gasteiger partial charge is 0.496 e. The van der Waals surface area contributed by atoms with Crippen LogP contribution in [0.5, 0.6) is 5.75 Å². The molecule has 164 valence electrons. The van der Waals surface area contributed by atoms with Crippen molar-refractivity contribution in [3.63, 3.8) is 0 Å². The average molecular weight is 426 g/mol. The summed E-state index contributed by atoms with van der Waals surface area (Å²) in [5.41, 5.74) is 1.48. The van der Waals surface area contributed by atoms with Crippen LogP contribution in [0.15, 0.2) is 42.6 Å². The molecule has 1 aliphatic heterocycles. The van der Waals surface area contributed by atoms with Crippen LogP contribution in [0.2, 0.25) is 0 Å². The number of rotatable bonds is 3. The highest BCUT2D eigenvalue weighted by molar-refractivity contribution is 5.85. The normalized spacial score (nSPS) is 17.1. The summed E-state index contributed by atoms with van der Waals surface area (Å²) >= 11 is 0. The lowest BCUT2D eigenvalue weighted by molar-refractivity contribution is 0.0168. The Morgan fingerprint density at radius 2 is 2.03 bits per heavy atom. The Morgan fingerprint density at radius 3 is 2.77 bits per heavy atom. The number of carbonyl (C=O) groups excluding carboxylic acids is 1. The molecule has 0 aliphatic carbocycles. The minimum atomic E-state index is -0.519. The Hall–Kier alpha value is -3.09. The van der Waals surface area contributed by atoms with Gasteiger partial charge in [-0.25, -0.2) is 9.18 Å². The minimum Gasteiger partial charge on any atom is -0.496 e. The molecular weight excluding hydrogens is 397 g/mol. The molecule has 1 unspecified atom stereocenters. The molecular formula is C24H28FN3O3. The number of ether oxygens (including phenoxy) is 2. The number of halogens is 1. The van der Waals surface area contributed by atoms with Gasteiger partial charge in [-0.3, -0.25) is 4.68 Å². The van der Waals surface area contributed by atoms with Crippen molar-refractivity contribution in [2.45, 2.75) is 45.3 Å². The number of aromatic nitrogens is 2. The first kappa shape index (κ1) is 21.2. The van der Waals surface area contributed by atoms with Gasteiger partial charge >= 0.3 is 6.09 Å². The van der Waals surface area contributed by atoms with Crippen molar-refractivity contribution in [3.8, 4) is 16.9 Å². The van der Waals surface area contributed by atoms with Crippen molar-refractivity contribution < 1.29 is 18.7 Å². The molecule has 2 aromatic carbocycles. The molecule has 6 nitrogen and oxygen atoms in total. The van der Waals surface area contributed by atoms with Gasteiger partial charge in [0.25, 0.3) is 0 Å². The van der Waals surface area contributed by atoms with E-state index >= 15 is 0 Å². The van der Waals surface area contributed by atoms with Gasteiger partial charge in [-0.15, -0.1) is 0 Å². The first-order chi connectivity index (χ1) is 14.7. The lowest BCUT2D eigenvalue weighted by Crippen LogP contribution is -2.43. The summed E-state index contributed by atoms with van der Waals surface area (Å²) in [4.78, 5) is 14.2. The summed E-state index contributed by atoms with van der Waals surface area (Å²) in [5, 5.41) is 5.63. The molecule has 4 rings (SSSR count). The topological polar surface area (TPSA) is 56.6 Å². The van der Waals surface area contributed by atoms with E-state index in [0.29, 0.717) is 24.4 Å². The molecule has 1 atom stereocenters. The van der Waals surface area contributed by atoms with Crippen LogP contribution in [-0.2, 0) is 4.74 Å². The molecule has 2 heterocycles. The summed E-state index contributed by atoms with van der Waals surface area (Å²) in [7, 11) is 1.54. The first-order valence-electron chi connectivity index (χ1n) is 10.5. The van der Waals surface area contributed by atoms with Crippen molar-refractivity contribution >= 4 is 17.0 Å². The average Bonchev–Trinajstić information content (AvgIpc) is 3.16. The van der Waals surface area contributed by atoms with Crippen LogP contribution in [0.3, 0.4) is 0 Å². The summed E-state index contributed by atoms with van der Waals surface area (Å²) in [5.74, 6) is 0.165. The molecule has 3 aromatic rings. The number of nitrogens with zero attached hydrogens (tertiary/aromatic N) is 3. The third-order valence-corrected chi connectivity index (χ3v) is 5.43. The fourth-order valence-electron chi connectivity index (χ4n) is 4.00. The minimum absolute atomic E-state index is 0.0696. The van der Waals surface area contributed by atoms with E-state index in [1.54, 1.807) is 17.0 Å². The quantitative estimate of drug-likeness (QED) is 0.562. The second kappa shape index (κ2) is 8.21. The van der Waals surface area contributed by atoms with Crippen LogP contribution in [0, 0.1) is 5.82 Å². The maximum Gasteiger partial charge on any atom is 0.410 e. The Balaban J connectivity index is 1.60. The number of hydrogen-bond donors (Lipinski definition) is 0. The summed E-state index contributed by atoms with van der Waals surface area (Å²) < 4.78 is 27.3. The van der Waals surface area contributed by atoms with E-state index in [1.165, 1.54) is 13.2 Å². The molecule has 1 saturated heterocycles. The molecule has 0 spiro atoms. The van der Waals surface area contributed by atoms with Crippen molar-refractivity contribution in [1.29, 1.82) is 0 Å². The number of methoxy groups -OCH3 is 1. The van der Waals surface area contributed by atoms with E-state index in [1.807, 2.05) is 49.8 Å². The summed E-state index contributed by atoms with van der Waals surface area (Å²) in [6.45, 7) is 6.85. The highest BCUT2D eigenvalue weighted by Crippen LogP contribution is 2.34. The Morgan fingerprint density at radius 1 is 1.23 bits per heavy atom. The van der Waals surface area contributed by atoms with Crippen LogP contribution < -0.4 is 4.74 Å². The molecule has 0 radical (unpaired) electrons. The molecule has 0 bridgehead atoms. The maximum absolute atomic E-state index is 14.5. The fourth-order valence-corrected chi connectivity index (χ4v) is 4.00. The van der Waals surface area contributed by atoms with Gasteiger partial charge < -0.3 is 14.4 Å². The SMILES string of the molecule is COc1cccc(F)c1-c1ccc2nn(C3CCCN(C(=O)OC(C)(C)C)C3)cc2c1. The number of piperidine rings is 1. The Bertz CT molecular complexity index is 1100. The molecule has 1 amide bonds. The molecule has 1 fully saturated rings. The highest BCUT2D eigenvalue weighted by Gasteiger charge is 2.29. The van der Waals surface area contributed by atoms with Gasteiger partial charge in [0.2, 0.25) is 0 Å². The lowest BCUT2D eigenvalue weighted by atomic mass is 10.0. The zero-order valence-electron chi connectivity index (χ0n) is 18.4. The maximum atomic E-state index is 14.5. The van der Waals surface area contributed by atoms with Crippen LogP contribution >= 0.6 is 0 Å². The third-order valence-electron chi connectivity index (χ3n) is 5.43. The van der Waals surface area contributed by atoms with Gasteiger partial charge in [-0.2, -0.15) is 5.10 Å². The van der Waals surface area contributed by atoms with Crippen LogP contribution in [0.1, 0.15) is 39.7 Å². The van der Waals surface area contributed by atoms with Gasteiger partial charge in [0.05, 0.1) is 24.2 Å². The van der Waals surface area contributed by atoms with Gasteiger partial charge in [0.1, 0.15) is 17.2 Å². The van der Waals surface area contributed by atoms with E-state index in [9.17, 15) is 9.18 Å². The summed E-state index contributed by atoms with van der Waals surface area (Å²) in [6, 6.07) is 10.6. The van der Waals surface area contributed by atoms with Crippen molar-refractivity contribution in [2.24, 2.45) is 0 Å². The number of amides is 1. The number of hydrogen-bond acceptors (Lipinski definition) is 4. The molecule has 0 saturated carbocycles. The smallest absolute Gasteiger partial charge is 0.410 e. The highest BCUT2D eigenvalue weighted by atomic mass is 19.1. The standard InChI is InChI=1S/C24H28FN3O3/c1-24(2,3)31-23(29)27-12-6-7-18(15-27)28-14-17-13-16(10-11-20(17)26-28)22-19(25)8-5-9-21(22)30-4/h5,8-11,13-14,18H,6-7,12,15H2,1-4H3. The first-order valence-corrected chi connectivity index (χ1v) is 10.5. The monoisotopic (exact) mass is 425 g/mol. The van der Waals surface area contributed by atoms with Gasteiger partial charge in [-0.05, 0) is 63.4 Å². The zero-order valence-corrected chi connectivity index (χ0v) is 18.4. The Labute approximate surface area is 181 Å². The fraction of sp³-hybridized carbons (Fsp3) is 0.417. The number of benzene rings is 2. The van der Waals surface area contributed by atoms with Crippen molar-refractivity contribution in [1.82, 2.24) is 14.7 Å². The second-order valence-electron chi connectivity index (χ2n) is 8.92. The predicted octanol–water partition coefficient (Wildman–Crippen LogP) is 5.42. The molecule has 0 N–H and O–H groups in total. The second-order valence-corrected chi connectivity index (χ2v) is 8.92. The zero-order chi connectivity index (χ0) is 22.2. The van der Waals surface area contributed by atoms with Crippen molar-refractivity contribution in [3.05, 3.63) is 48.4 Å². The molecule has 31 heavy (non-hydrogen) atoms. The van der Waals surface area contributed by atoms with Gasteiger partial charge in [-0.1, -0.05) is 12.1 Å². The van der Waals surface area contributed by atoms with Gasteiger partial charge in [0.15, 0.2) is 0 Å². The third kappa shape index (κ3) is 4.50. The number of carbonyl (C=O) groups is 1. The molecule has 1 aliphatic rings. The number of fused-ring (bicyclic) bond motifs is 1. The molecule has 1 aromatic heterocycles. The van der Waals surface area contributed by atoms with E-state index < -0.39 is 5.60 Å². The predicted molar refractivity (Wildman–Crippen MR) is 118 cm³/mol. The van der Waals surface area contributed by atoms with E-state index in [2.05, 4.69) is 0 Å². The molecule has 7 heteroatoms. The van der Waals surface area contributed by atoms with Gasteiger partial charge in [0, 0.05) is 24.7 Å². The van der Waals surface area contributed by atoms with E-state index in [4.69, 9.17) is 14.6 Å². The lowest BCUT2D eigenvalue weighted by Gasteiger charge is -2.34. The summed E-state index contributed by atoms with van der Waals surface area (Å²) in [6.07, 6.45) is 3.50. The Kier molecular flexibility index (Phi) is 5.60.